The topological polar surface area (TPSA) is 6.48 Å². The van der Waals surface area contributed by atoms with Crippen molar-refractivity contribution in [3.63, 3.8) is 0 Å². The van der Waals surface area contributed by atoms with Crippen LogP contribution in [-0.4, -0.2) is 51.3 Å². The van der Waals surface area contributed by atoms with Gasteiger partial charge in [-0.15, -0.1) is 0 Å². The highest BCUT2D eigenvalue weighted by Crippen LogP contribution is 2.07. The van der Waals surface area contributed by atoms with Gasteiger partial charge in [-0.3, -0.25) is 0 Å². The van der Waals surface area contributed by atoms with E-state index < -0.39 is 8.96 Å². The molecule has 0 spiro atoms. The molecule has 0 amide bonds. The Morgan fingerprint density at radius 1 is 1.40 bits per heavy atom. The zero-order valence-electron chi connectivity index (χ0n) is 7.46. The molecule has 0 aromatic rings. The fourth-order valence-electron chi connectivity index (χ4n) is 1.47. The van der Waals surface area contributed by atoms with Crippen LogP contribution in [0.3, 0.4) is 0 Å². The maximum atomic E-state index is 2.56. The number of hydrogen-bond acceptors (Lipinski definition) is 2. The van der Waals surface area contributed by atoms with E-state index in [0.717, 1.165) is 6.04 Å². The molecular formula is C7H18N2Si. The Bertz CT molecular complexity index is 92.2. The standard InChI is InChI=1S/C7H18N2Si/c1-7-5-9(3)10(4)6-8(7)2/h7,10H,5-6H2,1-4H3/t7-,10+/m1/s1. The van der Waals surface area contributed by atoms with Crippen LogP contribution in [0.2, 0.25) is 6.55 Å². The predicted octanol–water partition coefficient (Wildman–Crippen LogP) is 0.145. The molecule has 1 fully saturated rings. The summed E-state index contributed by atoms with van der Waals surface area (Å²) in [7, 11) is 3.98. The van der Waals surface area contributed by atoms with Gasteiger partial charge in [-0.2, -0.15) is 0 Å². The summed E-state index contributed by atoms with van der Waals surface area (Å²) in [6.07, 6.45) is 1.34. The molecule has 0 bridgehead atoms. The minimum atomic E-state index is -0.526. The second kappa shape index (κ2) is 3.03. The van der Waals surface area contributed by atoms with Gasteiger partial charge in [-0.1, -0.05) is 6.55 Å². The number of likely N-dealkylation sites (N-methyl/N-ethyl adjacent to an activating group) is 2. The predicted molar refractivity (Wildman–Crippen MR) is 47.7 cm³/mol. The SMILES string of the molecule is C[C@@H]1CN(C)[Si@@H](C)CN1C. The van der Waals surface area contributed by atoms with Gasteiger partial charge in [0.2, 0.25) is 0 Å². The summed E-state index contributed by atoms with van der Waals surface area (Å²) in [5, 5.41) is 0. The van der Waals surface area contributed by atoms with Gasteiger partial charge in [-0.05, 0) is 21.0 Å². The van der Waals surface area contributed by atoms with Crippen LogP contribution in [0.15, 0.2) is 0 Å². The molecule has 0 radical (unpaired) electrons. The number of hydrogen-bond donors (Lipinski definition) is 0. The smallest absolute Gasteiger partial charge is 0.122 e. The molecule has 1 heterocycles. The second-order valence-corrected chi connectivity index (χ2v) is 6.52. The maximum absolute atomic E-state index is 2.56. The second-order valence-electron chi connectivity index (χ2n) is 3.58. The third-order valence-corrected chi connectivity index (χ3v) is 5.43. The first-order valence-corrected chi connectivity index (χ1v) is 6.50. The zero-order valence-corrected chi connectivity index (χ0v) is 8.62. The Hall–Kier alpha value is 0.137. The van der Waals surface area contributed by atoms with Crippen molar-refractivity contribution in [1.82, 2.24) is 9.47 Å². The lowest BCUT2D eigenvalue weighted by molar-refractivity contribution is 0.224. The fourth-order valence-corrected chi connectivity index (χ4v) is 3.61. The van der Waals surface area contributed by atoms with Crippen molar-refractivity contribution in [3.05, 3.63) is 0 Å². The van der Waals surface area contributed by atoms with Crippen molar-refractivity contribution >= 4 is 8.96 Å². The van der Waals surface area contributed by atoms with Crippen LogP contribution in [-0.2, 0) is 0 Å². The van der Waals surface area contributed by atoms with Gasteiger partial charge in [0, 0.05) is 18.8 Å². The Morgan fingerprint density at radius 2 is 2.00 bits per heavy atom. The summed E-state index contributed by atoms with van der Waals surface area (Å²) in [4.78, 5) is 2.48. The van der Waals surface area contributed by atoms with Crippen LogP contribution < -0.4 is 0 Å². The lowest BCUT2D eigenvalue weighted by Gasteiger charge is -2.39. The van der Waals surface area contributed by atoms with E-state index in [4.69, 9.17) is 0 Å². The molecule has 60 valence electrons. The largest absolute Gasteiger partial charge is 0.326 e. The molecule has 3 heteroatoms. The Kier molecular flexibility index (Phi) is 2.49. The minimum absolute atomic E-state index is 0.526. The van der Waals surface area contributed by atoms with Crippen molar-refractivity contribution < 1.29 is 0 Å². The average Bonchev–Trinajstić information content (AvgIpc) is 1.84. The summed E-state index contributed by atoms with van der Waals surface area (Å²) in [6.45, 7) is 5.99. The molecule has 0 aromatic heterocycles. The Balaban J connectivity index is 2.46. The van der Waals surface area contributed by atoms with Crippen LogP contribution in [0.5, 0.6) is 0 Å². The molecule has 2 atom stereocenters. The summed E-state index contributed by atoms with van der Waals surface area (Å²) in [6, 6.07) is 0.758. The first-order chi connectivity index (χ1) is 4.61. The molecule has 1 rings (SSSR count). The van der Waals surface area contributed by atoms with Gasteiger partial charge < -0.3 is 9.47 Å². The molecule has 1 aliphatic rings. The lowest BCUT2D eigenvalue weighted by Crippen LogP contribution is -2.55. The monoisotopic (exact) mass is 158 g/mol. The minimum Gasteiger partial charge on any atom is -0.326 e. The van der Waals surface area contributed by atoms with Crippen LogP contribution in [0.1, 0.15) is 6.92 Å². The third-order valence-electron chi connectivity index (χ3n) is 2.61. The summed E-state index contributed by atoms with van der Waals surface area (Å²) in [5.41, 5.74) is 0. The van der Waals surface area contributed by atoms with Crippen molar-refractivity contribution in [1.29, 1.82) is 0 Å². The fraction of sp³-hybridized carbons (Fsp3) is 1.00. The molecule has 1 saturated heterocycles. The first-order valence-electron chi connectivity index (χ1n) is 4.01. The van der Waals surface area contributed by atoms with E-state index in [1.165, 1.54) is 12.7 Å². The van der Waals surface area contributed by atoms with Gasteiger partial charge in [0.25, 0.3) is 0 Å². The lowest BCUT2D eigenvalue weighted by atomic mass is 10.3. The highest BCUT2D eigenvalue weighted by Gasteiger charge is 2.24. The van der Waals surface area contributed by atoms with Gasteiger partial charge in [-0.25, -0.2) is 0 Å². The van der Waals surface area contributed by atoms with E-state index in [1.54, 1.807) is 0 Å². The van der Waals surface area contributed by atoms with Crippen molar-refractivity contribution in [2.24, 2.45) is 0 Å². The van der Waals surface area contributed by atoms with Gasteiger partial charge in [0.15, 0.2) is 0 Å². The average molecular weight is 158 g/mol. The molecule has 0 saturated carbocycles. The third kappa shape index (κ3) is 1.59. The van der Waals surface area contributed by atoms with E-state index >= 15 is 0 Å². The van der Waals surface area contributed by atoms with Gasteiger partial charge in [0.05, 0.1) is 0 Å². The van der Waals surface area contributed by atoms with E-state index in [1.807, 2.05) is 0 Å². The highest BCUT2D eigenvalue weighted by molar-refractivity contribution is 6.54. The van der Waals surface area contributed by atoms with E-state index in [2.05, 4.69) is 37.0 Å². The van der Waals surface area contributed by atoms with E-state index in [-0.39, 0.29) is 0 Å². The zero-order chi connectivity index (χ0) is 7.72. The van der Waals surface area contributed by atoms with Crippen LogP contribution in [0, 0.1) is 0 Å². The summed E-state index contributed by atoms with van der Waals surface area (Å²) in [5.74, 6) is 0. The molecule has 10 heavy (non-hydrogen) atoms. The summed E-state index contributed by atoms with van der Waals surface area (Å²) >= 11 is 0. The number of rotatable bonds is 0. The highest BCUT2D eigenvalue weighted by atomic mass is 28.3. The van der Waals surface area contributed by atoms with E-state index in [9.17, 15) is 0 Å². The van der Waals surface area contributed by atoms with Crippen LogP contribution in [0.25, 0.3) is 0 Å². The van der Waals surface area contributed by atoms with Crippen LogP contribution in [0.4, 0.5) is 0 Å². The number of nitrogens with zero attached hydrogens (tertiary/aromatic N) is 2. The molecule has 1 aliphatic heterocycles. The molecule has 2 nitrogen and oxygen atoms in total. The molecule has 0 aliphatic carbocycles. The van der Waals surface area contributed by atoms with Crippen molar-refractivity contribution in [3.8, 4) is 0 Å². The maximum Gasteiger partial charge on any atom is 0.122 e. The van der Waals surface area contributed by atoms with Crippen molar-refractivity contribution in [2.75, 3.05) is 26.8 Å². The van der Waals surface area contributed by atoms with Gasteiger partial charge in [0.1, 0.15) is 8.96 Å². The molecule has 0 unspecified atom stereocenters. The first kappa shape index (κ1) is 8.24. The van der Waals surface area contributed by atoms with Crippen molar-refractivity contribution in [2.45, 2.75) is 19.5 Å². The van der Waals surface area contributed by atoms with Gasteiger partial charge >= 0.3 is 0 Å². The van der Waals surface area contributed by atoms with Crippen LogP contribution >= 0.6 is 0 Å². The Morgan fingerprint density at radius 3 is 2.50 bits per heavy atom. The molecule has 0 N–H and O–H groups in total. The van der Waals surface area contributed by atoms with E-state index in [0.29, 0.717) is 0 Å². The summed E-state index contributed by atoms with van der Waals surface area (Å²) < 4.78 is 2.56. The molecular weight excluding hydrogens is 140 g/mol. The normalized spacial score (nSPS) is 38.4. The molecule has 0 aromatic carbocycles. The Labute approximate surface area is 65.5 Å². The quantitative estimate of drug-likeness (QED) is 0.463.